The van der Waals surface area contributed by atoms with Gasteiger partial charge in [0, 0.05) is 30.1 Å². The summed E-state index contributed by atoms with van der Waals surface area (Å²) >= 11 is 0. The fraction of sp³-hybridized carbons (Fsp3) is 0.364. The summed E-state index contributed by atoms with van der Waals surface area (Å²) in [6, 6.07) is 6.81. The third-order valence-corrected chi connectivity index (χ3v) is 5.72. The Morgan fingerprint density at radius 2 is 2.15 bits per heavy atom. The molecule has 3 heterocycles. The first kappa shape index (κ1) is 15.6. The number of rotatable bonds is 2. The molecule has 2 aromatic rings. The zero-order valence-corrected chi connectivity index (χ0v) is 15.3. The second-order valence-corrected chi connectivity index (χ2v) is 7.45. The maximum Gasteiger partial charge on any atom is 0.135 e. The Labute approximate surface area is 154 Å². The lowest BCUT2D eigenvalue weighted by Gasteiger charge is -2.34. The highest BCUT2D eigenvalue weighted by molar-refractivity contribution is 6.01. The van der Waals surface area contributed by atoms with Crippen LogP contribution in [0.1, 0.15) is 48.1 Å². The van der Waals surface area contributed by atoms with Crippen LogP contribution in [-0.2, 0) is 12.8 Å². The maximum absolute atomic E-state index is 4.81. The average molecular weight is 344 g/mol. The van der Waals surface area contributed by atoms with Gasteiger partial charge in [-0.15, -0.1) is 0 Å². The largest absolute Gasteiger partial charge is 0.343 e. The van der Waals surface area contributed by atoms with E-state index < -0.39 is 0 Å². The molecule has 3 aliphatic rings. The lowest BCUT2D eigenvalue weighted by molar-refractivity contribution is 0.472. The number of fused-ring (bicyclic) bond motifs is 3. The molecule has 0 radical (unpaired) electrons. The first-order valence-electron chi connectivity index (χ1n) is 9.61. The molecule has 0 unspecified atom stereocenters. The van der Waals surface area contributed by atoms with Crippen LogP contribution in [0.3, 0.4) is 0 Å². The molecule has 1 saturated carbocycles. The molecule has 2 aliphatic heterocycles. The molecular weight excluding hydrogens is 320 g/mol. The molecule has 0 atom stereocenters. The van der Waals surface area contributed by atoms with Crippen LogP contribution >= 0.6 is 0 Å². The monoisotopic (exact) mass is 344 g/mol. The van der Waals surface area contributed by atoms with E-state index in [0.717, 1.165) is 42.5 Å². The molecule has 26 heavy (non-hydrogen) atoms. The van der Waals surface area contributed by atoms with E-state index >= 15 is 0 Å². The normalized spacial score (nSPS) is 19.4. The minimum Gasteiger partial charge on any atom is -0.343 e. The zero-order valence-electron chi connectivity index (χ0n) is 15.3. The third-order valence-electron chi connectivity index (χ3n) is 5.72. The molecule has 4 heteroatoms. The van der Waals surface area contributed by atoms with Crippen LogP contribution in [0.2, 0.25) is 0 Å². The lowest BCUT2D eigenvalue weighted by Crippen LogP contribution is -2.29. The van der Waals surface area contributed by atoms with Gasteiger partial charge in [0.05, 0.1) is 17.9 Å². The van der Waals surface area contributed by atoms with E-state index in [9.17, 15) is 0 Å². The van der Waals surface area contributed by atoms with Gasteiger partial charge in [-0.3, -0.25) is 9.56 Å². The van der Waals surface area contributed by atoms with Crippen molar-refractivity contribution in [3.05, 3.63) is 71.5 Å². The van der Waals surface area contributed by atoms with Crippen molar-refractivity contribution < 1.29 is 0 Å². The molecule has 5 rings (SSSR count). The Hall–Kier alpha value is -2.62. The van der Waals surface area contributed by atoms with Crippen LogP contribution in [-0.4, -0.2) is 33.4 Å². The van der Waals surface area contributed by atoms with Gasteiger partial charge in [0.25, 0.3) is 0 Å². The van der Waals surface area contributed by atoms with Gasteiger partial charge in [-0.05, 0) is 42.7 Å². The predicted octanol–water partition coefficient (Wildman–Crippen LogP) is 4.00. The molecular formula is C22H24N4. The van der Waals surface area contributed by atoms with Crippen LogP contribution in [0.15, 0.2) is 54.1 Å². The SMILES string of the molecule is C=C1CN=C(n2cnc(CC)c2)C=C2c3cccc(C4CC4)c3CCN12. The Morgan fingerprint density at radius 1 is 1.27 bits per heavy atom. The van der Waals surface area contributed by atoms with Gasteiger partial charge in [-0.25, -0.2) is 4.98 Å². The van der Waals surface area contributed by atoms with E-state index in [4.69, 9.17) is 4.99 Å². The Kier molecular flexibility index (Phi) is 3.59. The number of hydrogen-bond donors (Lipinski definition) is 0. The summed E-state index contributed by atoms with van der Waals surface area (Å²) in [6.45, 7) is 8.06. The Morgan fingerprint density at radius 3 is 2.92 bits per heavy atom. The number of allylic oxidation sites excluding steroid dienone is 1. The molecule has 0 amide bonds. The summed E-state index contributed by atoms with van der Waals surface area (Å²) in [5.74, 6) is 1.72. The maximum atomic E-state index is 4.81. The highest BCUT2D eigenvalue weighted by atomic mass is 15.2. The van der Waals surface area contributed by atoms with Gasteiger partial charge in [0.2, 0.25) is 0 Å². The summed E-state index contributed by atoms with van der Waals surface area (Å²) in [7, 11) is 0. The Bertz CT molecular complexity index is 943. The van der Waals surface area contributed by atoms with Gasteiger partial charge in [-0.1, -0.05) is 31.7 Å². The number of aromatic nitrogens is 2. The van der Waals surface area contributed by atoms with E-state index in [0.29, 0.717) is 6.54 Å². The van der Waals surface area contributed by atoms with Crippen molar-refractivity contribution in [1.82, 2.24) is 14.5 Å². The van der Waals surface area contributed by atoms with E-state index in [1.165, 1.54) is 29.7 Å². The number of aliphatic imine (C=N–C) groups is 1. The molecule has 0 spiro atoms. The third kappa shape index (κ3) is 2.52. The van der Waals surface area contributed by atoms with E-state index in [1.807, 2.05) is 10.9 Å². The minimum atomic E-state index is 0.632. The quantitative estimate of drug-likeness (QED) is 0.825. The van der Waals surface area contributed by atoms with Crippen LogP contribution in [0, 0.1) is 0 Å². The second-order valence-electron chi connectivity index (χ2n) is 7.45. The van der Waals surface area contributed by atoms with Crippen molar-refractivity contribution in [1.29, 1.82) is 0 Å². The molecule has 1 aliphatic carbocycles. The smallest absolute Gasteiger partial charge is 0.135 e. The zero-order chi connectivity index (χ0) is 17.7. The van der Waals surface area contributed by atoms with Crippen LogP contribution in [0.4, 0.5) is 0 Å². The van der Waals surface area contributed by atoms with E-state index in [1.54, 1.807) is 5.56 Å². The molecule has 1 aromatic heterocycles. The number of hydrogen-bond acceptors (Lipinski definition) is 3. The highest BCUT2D eigenvalue weighted by Gasteiger charge is 2.31. The van der Waals surface area contributed by atoms with Crippen molar-refractivity contribution in [3.8, 4) is 0 Å². The fourth-order valence-electron chi connectivity index (χ4n) is 4.13. The lowest BCUT2D eigenvalue weighted by atomic mass is 9.89. The van der Waals surface area contributed by atoms with Crippen molar-refractivity contribution in [2.45, 2.75) is 38.5 Å². The second kappa shape index (κ2) is 5.97. The topological polar surface area (TPSA) is 33.4 Å². The summed E-state index contributed by atoms with van der Waals surface area (Å²) in [5, 5.41) is 0. The molecule has 132 valence electrons. The molecule has 0 N–H and O–H groups in total. The van der Waals surface area contributed by atoms with Gasteiger partial charge in [-0.2, -0.15) is 0 Å². The van der Waals surface area contributed by atoms with Crippen molar-refractivity contribution >= 4 is 11.5 Å². The summed E-state index contributed by atoms with van der Waals surface area (Å²) < 4.78 is 2.04. The van der Waals surface area contributed by atoms with E-state index in [2.05, 4.69) is 53.9 Å². The first-order chi connectivity index (χ1) is 12.7. The van der Waals surface area contributed by atoms with E-state index in [-0.39, 0.29) is 0 Å². The standard InChI is InChI=1S/C22H24N4/c1-3-17-13-25(14-24-17)22-11-21-20-6-4-5-18(16-7-8-16)19(20)9-10-26(21)15(2)12-23-22/h4-6,11,13-14,16H,2-3,7-10,12H2,1H3. The molecule has 0 bridgehead atoms. The number of imidazole rings is 1. The summed E-state index contributed by atoms with van der Waals surface area (Å²) in [4.78, 5) is 11.6. The summed E-state index contributed by atoms with van der Waals surface area (Å²) in [6.07, 6.45) is 10.9. The number of nitrogens with zero attached hydrogens (tertiary/aromatic N) is 4. The molecule has 4 nitrogen and oxygen atoms in total. The first-order valence-corrected chi connectivity index (χ1v) is 9.61. The summed E-state index contributed by atoms with van der Waals surface area (Å²) in [5.41, 5.74) is 7.85. The average Bonchev–Trinajstić information content (AvgIpc) is 3.43. The molecule has 1 fully saturated rings. The van der Waals surface area contributed by atoms with Gasteiger partial charge in [0.15, 0.2) is 0 Å². The van der Waals surface area contributed by atoms with Gasteiger partial charge in [0.1, 0.15) is 12.2 Å². The van der Waals surface area contributed by atoms with Gasteiger partial charge >= 0.3 is 0 Å². The predicted molar refractivity (Wildman–Crippen MR) is 105 cm³/mol. The van der Waals surface area contributed by atoms with Crippen LogP contribution in [0.25, 0.3) is 5.70 Å². The minimum absolute atomic E-state index is 0.632. The number of benzene rings is 1. The molecule has 0 saturated heterocycles. The highest BCUT2D eigenvalue weighted by Crippen LogP contribution is 2.45. The Balaban J connectivity index is 1.63. The van der Waals surface area contributed by atoms with Gasteiger partial charge < -0.3 is 4.90 Å². The number of aryl methyl sites for hydroxylation is 1. The molecule has 1 aromatic carbocycles. The van der Waals surface area contributed by atoms with Crippen molar-refractivity contribution in [2.75, 3.05) is 13.1 Å². The van der Waals surface area contributed by atoms with Crippen LogP contribution < -0.4 is 0 Å². The van der Waals surface area contributed by atoms with Crippen molar-refractivity contribution in [3.63, 3.8) is 0 Å². The van der Waals surface area contributed by atoms with Crippen molar-refractivity contribution in [2.24, 2.45) is 4.99 Å². The van der Waals surface area contributed by atoms with Crippen LogP contribution in [0.5, 0.6) is 0 Å². The fourth-order valence-corrected chi connectivity index (χ4v) is 4.13.